The Morgan fingerprint density at radius 3 is 2.52 bits per heavy atom. The third-order valence-corrected chi connectivity index (χ3v) is 4.04. The van der Waals surface area contributed by atoms with Crippen LogP contribution in [-0.2, 0) is 11.3 Å². The second-order valence-corrected chi connectivity index (χ2v) is 6.76. The van der Waals surface area contributed by atoms with E-state index in [1.54, 1.807) is 24.1 Å². The molecule has 0 aliphatic carbocycles. The number of carbonyl (C=O) groups is 1. The van der Waals surface area contributed by atoms with Gasteiger partial charge in [0.15, 0.2) is 0 Å². The summed E-state index contributed by atoms with van der Waals surface area (Å²) in [5.41, 5.74) is 6.65. The number of amides is 1. The van der Waals surface area contributed by atoms with Crippen LogP contribution in [0.5, 0.6) is 0 Å². The zero-order valence-electron chi connectivity index (χ0n) is 12.9. The van der Waals surface area contributed by atoms with Crippen LogP contribution >= 0.6 is 23.2 Å². The molecule has 1 rings (SSSR count). The van der Waals surface area contributed by atoms with Crippen molar-refractivity contribution in [2.45, 2.75) is 33.2 Å². The van der Waals surface area contributed by atoms with E-state index in [1.807, 2.05) is 6.07 Å². The number of hydrogen-bond acceptors (Lipinski definition) is 2. The maximum absolute atomic E-state index is 12.3. The molecular weight excluding hydrogens is 307 g/mol. The summed E-state index contributed by atoms with van der Waals surface area (Å²) in [4.78, 5) is 14.0. The highest BCUT2D eigenvalue weighted by molar-refractivity contribution is 6.35. The predicted octanol–water partition coefficient (Wildman–Crippen LogP) is 3.96. The summed E-state index contributed by atoms with van der Waals surface area (Å²) in [5.74, 6) is 0.875. The smallest absolute Gasteiger partial charge is 0.222 e. The minimum absolute atomic E-state index is 0.0946. The largest absolute Gasteiger partial charge is 0.341 e. The van der Waals surface area contributed by atoms with Gasteiger partial charge in [-0.1, -0.05) is 43.1 Å². The van der Waals surface area contributed by atoms with E-state index in [2.05, 4.69) is 13.8 Å². The van der Waals surface area contributed by atoms with Gasteiger partial charge >= 0.3 is 0 Å². The number of nitrogens with two attached hydrogens (primary N) is 1. The Bertz CT molecular complexity index is 477. The molecule has 3 nitrogen and oxygen atoms in total. The van der Waals surface area contributed by atoms with Crippen LogP contribution in [0.1, 0.15) is 32.3 Å². The van der Waals surface area contributed by atoms with E-state index in [4.69, 9.17) is 28.9 Å². The van der Waals surface area contributed by atoms with Crippen molar-refractivity contribution in [3.8, 4) is 0 Å². The number of carbonyl (C=O) groups excluding carboxylic acids is 1. The number of benzene rings is 1. The first-order valence-corrected chi connectivity index (χ1v) is 7.97. The van der Waals surface area contributed by atoms with E-state index in [0.29, 0.717) is 35.5 Å². The molecule has 1 amide bonds. The average Bonchev–Trinajstić information content (AvgIpc) is 2.40. The van der Waals surface area contributed by atoms with Gasteiger partial charge in [0.05, 0.1) is 0 Å². The maximum atomic E-state index is 12.3. The highest BCUT2D eigenvalue weighted by Gasteiger charge is 2.17. The van der Waals surface area contributed by atoms with E-state index in [0.717, 1.165) is 12.0 Å². The lowest BCUT2D eigenvalue weighted by Crippen LogP contribution is -2.30. The van der Waals surface area contributed by atoms with Crippen molar-refractivity contribution >= 4 is 29.1 Å². The van der Waals surface area contributed by atoms with Crippen LogP contribution in [0.3, 0.4) is 0 Å². The SMILES string of the molecule is CC(C)C[C@H](CN)CC(=O)N(C)Cc1ccc(Cl)cc1Cl. The number of hydrogen-bond donors (Lipinski definition) is 1. The molecule has 2 N–H and O–H groups in total. The first-order chi connectivity index (χ1) is 9.83. The number of halogens is 2. The minimum atomic E-state index is 0.0946. The van der Waals surface area contributed by atoms with E-state index >= 15 is 0 Å². The van der Waals surface area contributed by atoms with Crippen LogP contribution in [0, 0.1) is 11.8 Å². The number of nitrogens with zero attached hydrogens (tertiary/aromatic N) is 1. The molecule has 21 heavy (non-hydrogen) atoms. The molecule has 0 aliphatic heterocycles. The van der Waals surface area contributed by atoms with Crippen LogP contribution in [0.4, 0.5) is 0 Å². The second-order valence-electron chi connectivity index (χ2n) is 5.92. The van der Waals surface area contributed by atoms with E-state index in [-0.39, 0.29) is 11.8 Å². The van der Waals surface area contributed by atoms with Crippen molar-refractivity contribution in [2.24, 2.45) is 17.6 Å². The van der Waals surface area contributed by atoms with Gasteiger partial charge in [0.2, 0.25) is 5.91 Å². The topological polar surface area (TPSA) is 46.3 Å². The lowest BCUT2D eigenvalue weighted by Gasteiger charge is -2.22. The van der Waals surface area contributed by atoms with Crippen LogP contribution in [0.2, 0.25) is 10.0 Å². The van der Waals surface area contributed by atoms with Gasteiger partial charge in [-0.2, -0.15) is 0 Å². The summed E-state index contributed by atoms with van der Waals surface area (Å²) >= 11 is 12.0. The Kier molecular flexibility index (Phi) is 7.50. The van der Waals surface area contributed by atoms with Gasteiger partial charge in [0.1, 0.15) is 0 Å². The summed E-state index contributed by atoms with van der Waals surface area (Å²) in [6.45, 7) is 5.31. The van der Waals surface area contributed by atoms with E-state index < -0.39 is 0 Å². The molecule has 1 aromatic carbocycles. The summed E-state index contributed by atoms with van der Waals surface area (Å²) in [7, 11) is 1.79. The highest BCUT2D eigenvalue weighted by Crippen LogP contribution is 2.23. The molecule has 1 aromatic rings. The molecule has 1 atom stereocenters. The molecule has 0 radical (unpaired) electrons. The van der Waals surface area contributed by atoms with Gasteiger partial charge in [-0.25, -0.2) is 0 Å². The fraction of sp³-hybridized carbons (Fsp3) is 0.562. The van der Waals surface area contributed by atoms with Crippen LogP contribution in [0.15, 0.2) is 18.2 Å². The molecule has 0 heterocycles. The van der Waals surface area contributed by atoms with Gasteiger partial charge < -0.3 is 10.6 Å². The average molecular weight is 331 g/mol. The molecule has 0 aliphatic rings. The van der Waals surface area contributed by atoms with Crippen molar-refractivity contribution < 1.29 is 4.79 Å². The Hall–Kier alpha value is -0.770. The van der Waals surface area contributed by atoms with Crippen LogP contribution < -0.4 is 5.73 Å². The standard InChI is InChI=1S/C16H24Cl2N2O/c1-11(2)6-12(9-19)7-16(21)20(3)10-13-4-5-14(17)8-15(13)18/h4-5,8,11-12H,6-7,9-10,19H2,1-3H3/t12-/m0/s1. The van der Waals surface area contributed by atoms with Crippen molar-refractivity contribution in [1.29, 1.82) is 0 Å². The van der Waals surface area contributed by atoms with Gasteiger partial charge in [-0.05, 0) is 42.5 Å². The first kappa shape index (κ1) is 18.3. The van der Waals surface area contributed by atoms with Gasteiger partial charge in [0, 0.05) is 30.1 Å². The van der Waals surface area contributed by atoms with Gasteiger partial charge in [-0.3, -0.25) is 4.79 Å². The van der Waals surface area contributed by atoms with E-state index in [9.17, 15) is 4.79 Å². The predicted molar refractivity (Wildman–Crippen MR) is 89.6 cm³/mol. The Balaban J connectivity index is 2.61. The quantitative estimate of drug-likeness (QED) is 0.822. The van der Waals surface area contributed by atoms with Crippen molar-refractivity contribution in [3.05, 3.63) is 33.8 Å². The molecule has 0 aromatic heterocycles. The zero-order chi connectivity index (χ0) is 16.0. The zero-order valence-corrected chi connectivity index (χ0v) is 14.4. The number of rotatable bonds is 7. The molecule has 0 fully saturated rings. The fourth-order valence-electron chi connectivity index (χ4n) is 2.33. The molecule has 118 valence electrons. The molecule has 0 saturated heterocycles. The minimum Gasteiger partial charge on any atom is -0.341 e. The summed E-state index contributed by atoms with van der Waals surface area (Å²) in [6.07, 6.45) is 1.45. The van der Waals surface area contributed by atoms with Crippen LogP contribution in [-0.4, -0.2) is 24.4 Å². The van der Waals surface area contributed by atoms with Gasteiger partial charge in [-0.15, -0.1) is 0 Å². The lowest BCUT2D eigenvalue weighted by atomic mass is 9.94. The molecule has 0 saturated carbocycles. The van der Waals surface area contributed by atoms with Crippen molar-refractivity contribution in [3.63, 3.8) is 0 Å². The van der Waals surface area contributed by atoms with Crippen molar-refractivity contribution in [1.82, 2.24) is 4.90 Å². The molecular formula is C16H24Cl2N2O. The monoisotopic (exact) mass is 330 g/mol. The summed E-state index contributed by atoms with van der Waals surface area (Å²) in [6, 6.07) is 5.32. The Morgan fingerprint density at radius 1 is 1.33 bits per heavy atom. The molecule has 0 unspecified atom stereocenters. The first-order valence-electron chi connectivity index (χ1n) is 7.21. The molecule has 5 heteroatoms. The molecule has 0 bridgehead atoms. The third kappa shape index (κ3) is 6.25. The third-order valence-electron chi connectivity index (χ3n) is 3.45. The normalized spacial score (nSPS) is 12.5. The summed E-state index contributed by atoms with van der Waals surface area (Å²) < 4.78 is 0. The lowest BCUT2D eigenvalue weighted by molar-refractivity contribution is -0.131. The Labute approximate surface area is 137 Å². The van der Waals surface area contributed by atoms with Crippen LogP contribution in [0.25, 0.3) is 0 Å². The van der Waals surface area contributed by atoms with Crippen molar-refractivity contribution in [2.75, 3.05) is 13.6 Å². The van der Waals surface area contributed by atoms with Gasteiger partial charge in [0.25, 0.3) is 0 Å². The summed E-state index contributed by atoms with van der Waals surface area (Å²) in [5, 5.41) is 1.18. The highest BCUT2D eigenvalue weighted by atomic mass is 35.5. The maximum Gasteiger partial charge on any atom is 0.222 e. The molecule has 0 spiro atoms. The second kappa shape index (κ2) is 8.62. The van der Waals surface area contributed by atoms with E-state index in [1.165, 1.54) is 0 Å². The Morgan fingerprint density at radius 2 is 2.00 bits per heavy atom. The fourth-order valence-corrected chi connectivity index (χ4v) is 2.79.